The molecule has 3 aromatic rings. The Bertz CT molecular complexity index is 1140. The summed E-state index contributed by atoms with van der Waals surface area (Å²) in [6.07, 6.45) is 2.99. The van der Waals surface area contributed by atoms with Crippen molar-refractivity contribution in [1.82, 2.24) is 14.5 Å². The predicted octanol–water partition coefficient (Wildman–Crippen LogP) is 4.08. The Balaban J connectivity index is 1.52. The first kappa shape index (κ1) is 18.6. The highest BCUT2D eigenvalue weighted by Crippen LogP contribution is 2.33. The zero-order valence-corrected chi connectivity index (χ0v) is 17.6. The quantitative estimate of drug-likeness (QED) is 0.600. The lowest BCUT2D eigenvalue weighted by molar-refractivity contribution is -0.131. The van der Waals surface area contributed by atoms with Crippen LogP contribution in [-0.2, 0) is 11.3 Å². The second-order valence-electron chi connectivity index (χ2n) is 8.09. The Kier molecular flexibility index (Phi) is 4.74. The van der Waals surface area contributed by atoms with E-state index < -0.39 is 0 Å². The average molecular weight is 452 g/mol. The molecule has 0 bridgehead atoms. The van der Waals surface area contributed by atoms with E-state index in [1.807, 2.05) is 53.4 Å². The van der Waals surface area contributed by atoms with Gasteiger partial charge in [-0.15, -0.1) is 0 Å². The number of aromatic nitrogens is 2. The van der Waals surface area contributed by atoms with Crippen LogP contribution in [0, 0.1) is 11.8 Å². The van der Waals surface area contributed by atoms with Crippen LogP contribution in [0.2, 0.25) is 0 Å². The molecule has 1 saturated carbocycles. The zero-order valence-electron chi connectivity index (χ0n) is 16.1. The average Bonchev–Trinajstić information content (AvgIpc) is 3.48. The number of rotatable bonds is 4. The van der Waals surface area contributed by atoms with Gasteiger partial charge in [0.2, 0.25) is 5.91 Å². The Morgan fingerprint density at radius 3 is 2.59 bits per heavy atom. The number of hydrogen-bond acceptors (Lipinski definition) is 3. The van der Waals surface area contributed by atoms with E-state index in [2.05, 4.69) is 15.9 Å². The summed E-state index contributed by atoms with van der Waals surface area (Å²) in [6.45, 7) is 2.11. The fourth-order valence-electron chi connectivity index (χ4n) is 4.19. The highest BCUT2D eigenvalue weighted by molar-refractivity contribution is 9.10. The molecule has 1 atom stereocenters. The van der Waals surface area contributed by atoms with Gasteiger partial charge in [-0.2, -0.15) is 0 Å². The molecule has 1 amide bonds. The molecule has 0 spiro atoms. The van der Waals surface area contributed by atoms with Gasteiger partial charge in [-0.25, -0.2) is 4.98 Å². The molecule has 5 rings (SSSR count). The number of nitrogens with zero attached hydrogens (tertiary/aromatic N) is 3. The summed E-state index contributed by atoms with van der Waals surface area (Å²) in [4.78, 5) is 32.6. The van der Waals surface area contributed by atoms with E-state index >= 15 is 0 Å². The van der Waals surface area contributed by atoms with E-state index in [1.54, 1.807) is 4.57 Å². The van der Waals surface area contributed by atoms with Gasteiger partial charge in [-0.05, 0) is 49.4 Å². The summed E-state index contributed by atoms with van der Waals surface area (Å²) < 4.78 is 2.79. The third-order valence-electron chi connectivity index (χ3n) is 5.93. The Hall–Kier alpha value is -2.47. The van der Waals surface area contributed by atoms with Crippen molar-refractivity contribution in [3.8, 4) is 11.4 Å². The molecule has 2 aromatic carbocycles. The van der Waals surface area contributed by atoms with Gasteiger partial charge in [0.1, 0.15) is 5.82 Å². The summed E-state index contributed by atoms with van der Waals surface area (Å²) >= 11 is 3.47. The van der Waals surface area contributed by atoms with Gasteiger partial charge in [-0.3, -0.25) is 14.2 Å². The maximum Gasteiger partial charge on any atom is 0.261 e. The van der Waals surface area contributed by atoms with Crippen LogP contribution in [0.4, 0.5) is 0 Å². The summed E-state index contributed by atoms with van der Waals surface area (Å²) in [5, 5.41) is 0.636. The van der Waals surface area contributed by atoms with Crippen molar-refractivity contribution in [3.63, 3.8) is 0 Å². The van der Waals surface area contributed by atoms with E-state index in [1.165, 1.54) is 0 Å². The summed E-state index contributed by atoms with van der Waals surface area (Å²) in [6, 6.07) is 15.4. The summed E-state index contributed by atoms with van der Waals surface area (Å²) in [5.74, 6) is 1.50. The Morgan fingerprint density at radius 2 is 1.83 bits per heavy atom. The van der Waals surface area contributed by atoms with Crippen molar-refractivity contribution in [2.24, 2.45) is 11.8 Å². The van der Waals surface area contributed by atoms with Crippen molar-refractivity contribution in [2.45, 2.75) is 25.8 Å². The number of halogens is 1. The zero-order chi connectivity index (χ0) is 20.0. The number of benzene rings is 2. The minimum Gasteiger partial charge on any atom is -0.342 e. The van der Waals surface area contributed by atoms with Gasteiger partial charge >= 0.3 is 0 Å². The van der Waals surface area contributed by atoms with E-state index in [4.69, 9.17) is 4.98 Å². The van der Waals surface area contributed by atoms with Crippen LogP contribution < -0.4 is 5.56 Å². The number of hydrogen-bond donors (Lipinski definition) is 0. The molecule has 0 radical (unpaired) electrons. The molecule has 1 aliphatic carbocycles. The monoisotopic (exact) mass is 451 g/mol. The molecule has 1 saturated heterocycles. The number of fused-ring (bicyclic) bond motifs is 1. The van der Waals surface area contributed by atoms with Crippen LogP contribution in [-0.4, -0.2) is 33.4 Å². The third kappa shape index (κ3) is 3.62. The van der Waals surface area contributed by atoms with E-state index in [-0.39, 0.29) is 17.4 Å². The van der Waals surface area contributed by atoms with E-state index in [0.29, 0.717) is 29.2 Å². The van der Waals surface area contributed by atoms with Gasteiger partial charge < -0.3 is 4.90 Å². The standard InChI is InChI=1S/C23H22BrN3O2/c24-18-9-7-16(8-10-18)21-25-20-4-2-1-3-19(20)23(29)27(21)14-15-11-12-26(13-15)22(28)17-5-6-17/h1-4,7-10,15,17H,5-6,11-14H2/t15-/m1/s1. The third-order valence-corrected chi connectivity index (χ3v) is 6.46. The second-order valence-corrected chi connectivity index (χ2v) is 9.00. The minimum atomic E-state index is -0.0134. The fraction of sp³-hybridized carbons (Fsp3) is 0.348. The van der Waals surface area contributed by atoms with Crippen molar-refractivity contribution in [2.75, 3.05) is 13.1 Å². The van der Waals surface area contributed by atoms with E-state index in [0.717, 1.165) is 42.4 Å². The summed E-state index contributed by atoms with van der Waals surface area (Å²) in [7, 11) is 0. The molecular weight excluding hydrogens is 430 g/mol. The molecule has 0 unspecified atom stereocenters. The van der Waals surface area contributed by atoms with Crippen LogP contribution in [0.5, 0.6) is 0 Å². The molecule has 6 heteroatoms. The van der Waals surface area contributed by atoms with Crippen LogP contribution in [0.25, 0.3) is 22.3 Å². The lowest BCUT2D eigenvalue weighted by Crippen LogP contribution is -2.32. The maximum atomic E-state index is 13.3. The molecule has 2 aliphatic rings. The summed E-state index contributed by atoms with van der Waals surface area (Å²) in [5.41, 5.74) is 1.61. The molecular formula is C23H22BrN3O2. The predicted molar refractivity (Wildman–Crippen MR) is 117 cm³/mol. The SMILES string of the molecule is O=C(C1CC1)N1CC[C@@H](Cn2c(-c3ccc(Br)cc3)nc3ccccc3c2=O)C1. The number of amides is 1. The number of carbonyl (C=O) groups excluding carboxylic acids is 1. The number of para-hydroxylation sites is 1. The van der Waals surface area contributed by atoms with Gasteiger partial charge in [0, 0.05) is 35.6 Å². The van der Waals surface area contributed by atoms with Crippen LogP contribution >= 0.6 is 15.9 Å². The van der Waals surface area contributed by atoms with Crippen molar-refractivity contribution in [3.05, 3.63) is 63.4 Å². The minimum absolute atomic E-state index is 0.0134. The molecule has 148 valence electrons. The van der Waals surface area contributed by atoms with Gasteiger partial charge in [0.05, 0.1) is 10.9 Å². The first-order chi connectivity index (χ1) is 14.1. The Labute approximate surface area is 177 Å². The molecule has 5 nitrogen and oxygen atoms in total. The second kappa shape index (κ2) is 7.41. The van der Waals surface area contributed by atoms with Gasteiger partial charge in [-0.1, -0.05) is 40.2 Å². The van der Waals surface area contributed by atoms with Gasteiger partial charge in [0.25, 0.3) is 5.56 Å². The lowest BCUT2D eigenvalue weighted by Gasteiger charge is -2.19. The Morgan fingerprint density at radius 1 is 1.07 bits per heavy atom. The van der Waals surface area contributed by atoms with Gasteiger partial charge in [0.15, 0.2) is 0 Å². The first-order valence-electron chi connectivity index (χ1n) is 10.1. The molecule has 1 aliphatic heterocycles. The molecule has 0 N–H and O–H groups in total. The molecule has 1 aromatic heterocycles. The first-order valence-corrected chi connectivity index (χ1v) is 10.9. The highest BCUT2D eigenvalue weighted by Gasteiger charge is 2.36. The lowest BCUT2D eigenvalue weighted by atomic mass is 10.1. The van der Waals surface area contributed by atoms with Crippen molar-refractivity contribution in [1.29, 1.82) is 0 Å². The topological polar surface area (TPSA) is 55.2 Å². The smallest absolute Gasteiger partial charge is 0.261 e. The van der Waals surface area contributed by atoms with Crippen LogP contribution in [0.1, 0.15) is 19.3 Å². The number of likely N-dealkylation sites (tertiary alicyclic amines) is 1. The largest absolute Gasteiger partial charge is 0.342 e. The maximum absolute atomic E-state index is 13.3. The van der Waals surface area contributed by atoms with Crippen LogP contribution in [0.15, 0.2) is 57.8 Å². The van der Waals surface area contributed by atoms with E-state index in [9.17, 15) is 9.59 Å². The molecule has 2 fully saturated rings. The van der Waals surface area contributed by atoms with Crippen molar-refractivity contribution < 1.29 is 4.79 Å². The van der Waals surface area contributed by atoms with Crippen molar-refractivity contribution >= 4 is 32.7 Å². The fourth-order valence-corrected chi connectivity index (χ4v) is 4.45. The van der Waals surface area contributed by atoms with Crippen LogP contribution in [0.3, 0.4) is 0 Å². The molecule has 2 heterocycles. The highest BCUT2D eigenvalue weighted by atomic mass is 79.9. The number of carbonyl (C=O) groups is 1. The molecule has 29 heavy (non-hydrogen) atoms. The normalized spacial score (nSPS) is 19.1.